The fraction of sp³-hybridized carbons (Fsp3) is 1.00. The highest BCUT2D eigenvalue weighted by molar-refractivity contribution is 4.76. The van der Waals surface area contributed by atoms with Gasteiger partial charge in [0.15, 0.2) is 0 Å². The minimum atomic E-state index is 0.471. The van der Waals surface area contributed by atoms with Crippen LogP contribution in [0.4, 0.5) is 0 Å². The van der Waals surface area contributed by atoms with E-state index in [-0.39, 0.29) is 0 Å². The summed E-state index contributed by atoms with van der Waals surface area (Å²) < 4.78 is 5.67. The van der Waals surface area contributed by atoms with E-state index >= 15 is 0 Å². The van der Waals surface area contributed by atoms with Crippen LogP contribution >= 0.6 is 0 Å². The summed E-state index contributed by atoms with van der Waals surface area (Å²) in [4.78, 5) is 2.43. The van der Waals surface area contributed by atoms with Crippen molar-refractivity contribution in [1.29, 1.82) is 0 Å². The molecule has 2 rings (SSSR count). The predicted octanol–water partition coefficient (Wildman–Crippen LogP) is 1.86. The molecular weight excluding hydrogens is 212 g/mol. The Kier molecular flexibility index (Phi) is 5.26. The Morgan fingerprint density at radius 3 is 2.35 bits per heavy atom. The maximum absolute atomic E-state index is 5.93. The molecule has 0 saturated heterocycles. The van der Waals surface area contributed by atoms with Crippen molar-refractivity contribution in [3.05, 3.63) is 0 Å². The first-order valence-electron chi connectivity index (χ1n) is 7.26. The summed E-state index contributed by atoms with van der Waals surface area (Å²) in [6.45, 7) is 4.19. The number of nitrogens with two attached hydrogens (primary N) is 1. The molecular formula is C14H28N2O. The molecule has 0 aromatic rings. The van der Waals surface area contributed by atoms with Crippen molar-refractivity contribution in [2.45, 2.75) is 44.6 Å². The number of hydrogen-bond acceptors (Lipinski definition) is 3. The zero-order chi connectivity index (χ0) is 12.1. The van der Waals surface area contributed by atoms with E-state index in [1.165, 1.54) is 45.1 Å². The van der Waals surface area contributed by atoms with Crippen molar-refractivity contribution in [1.82, 2.24) is 4.90 Å². The predicted molar refractivity (Wildman–Crippen MR) is 71.0 cm³/mol. The molecule has 2 fully saturated rings. The molecule has 3 nitrogen and oxygen atoms in total. The molecule has 2 aliphatic rings. The molecule has 0 radical (unpaired) electrons. The Bertz CT molecular complexity index is 210. The van der Waals surface area contributed by atoms with Crippen LogP contribution in [0.2, 0.25) is 0 Å². The lowest BCUT2D eigenvalue weighted by Gasteiger charge is -2.29. The molecule has 2 N–H and O–H groups in total. The molecule has 2 aliphatic carbocycles. The van der Waals surface area contributed by atoms with Gasteiger partial charge in [0.2, 0.25) is 0 Å². The van der Waals surface area contributed by atoms with Crippen LogP contribution < -0.4 is 5.73 Å². The van der Waals surface area contributed by atoms with Gasteiger partial charge >= 0.3 is 0 Å². The Hall–Kier alpha value is -0.120. The molecule has 0 aromatic heterocycles. The number of hydrogen-bond donors (Lipinski definition) is 1. The first-order chi connectivity index (χ1) is 8.24. The molecule has 100 valence electrons. The summed E-state index contributed by atoms with van der Waals surface area (Å²) in [5, 5.41) is 0. The van der Waals surface area contributed by atoms with Gasteiger partial charge in [0.05, 0.1) is 6.61 Å². The molecule has 0 aromatic carbocycles. The van der Waals surface area contributed by atoms with Crippen molar-refractivity contribution in [2.75, 3.05) is 33.4 Å². The van der Waals surface area contributed by atoms with Gasteiger partial charge < -0.3 is 15.4 Å². The summed E-state index contributed by atoms with van der Waals surface area (Å²) in [5.41, 5.74) is 5.93. The molecule has 0 heterocycles. The lowest BCUT2D eigenvalue weighted by Crippen LogP contribution is -2.34. The van der Waals surface area contributed by atoms with Crippen LogP contribution in [-0.2, 0) is 4.74 Å². The minimum Gasteiger partial charge on any atom is -0.380 e. The van der Waals surface area contributed by atoms with Crippen molar-refractivity contribution < 1.29 is 4.74 Å². The van der Waals surface area contributed by atoms with Gasteiger partial charge in [-0.25, -0.2) is 0 Å². The summed E-state index contributed by atoms with van der Waals surface area (Å²) in [6, 6.07) is 0.471. The van der Waals surface area contributed by atoms with E-state index in [4.69, 9.17) is 10.5 Å². The summed E-state index contributed by atoms with van der Waals surface area (Å²) in [6.07, 6.45) is 7.84. The quantitative estimate of drug-likeness (QED) is 0.690. The average Bonchev–Trinajstić information content (AvgIpc) is 3.12. The second kappa shape index (κ2) is 6.72. The van der Waals surface area contributed by atoms with Gasteiger partial charge in [-0.15, -0.1) is 0 Å². The standard InChI is InChI=1S/C14H28N2O/c1-16(8-9-17-11-13-2-3-13)10-12-4-6-14(15)7-5-12/h12-14H,2-11,15H2,1H3. The third-order valence-electron chi connectivity index (χ3n) is 4.13. The van der Waals surface area contributed by atoms with Gasteiger partial charge in [0, 0.05) is 25.7 Å². The minimum absolute atomic E-state index is 0.471. The molecule has 3 heteroatoms. The van der Waals surface area contributed by atoms with Crippen molar-refractivity contribution in [3.63, 3.8) is 0 Å². The van der Waals surface area contributed by atoms with E-state index in [1.54, 1.807) is 0 Å². The molecule has 0 unspecified atom stereocenters. The average molecular weight is 240 g/mol. The molecule has 0 atom stereocenters. The van der Waals surface area contributed by atoms with Crippen LogP contribution in [-0.4, -0.2) is 44.3 Å². The summed E-state index contributed by atoms with van der Waals surface area (Å²) in [5.74, 6) is 1.75. The monoisotopic (exact) mass is 240 g/mol. The van der Waals surface area contributed by atoms with Gasteiger partial charge in [-0.2, -0.15) is 0 Å². The first kappa shape index (κ1) is 13.3. The van der Waals surface area contributed by atoms with Crippen molar-refractivity contribution in [3.8, 4) is 0 Å². The van der Waals surface area contributed by atoms with E-state index in [9.17, 15) is 0 Å². The largest absolute Gasteiger partial charge is 0.380 e. The van der Waals surface area contributed by atoms with E-state index in [0.29, 0.717) is 6.04 Å². The van der Waals surface area contributed by atoms with Crippen LogP contribution in [0.25, 0.3) is 0 Å². The highest BCUT2D eigenvalue weighted by atomic mass is 16.5. The number of likely N-dealkylation sites (N-methyl/N-ethyl adjacent to an activating group) is 1. The van der Waals surface area contributed by atoms with Gasteiger partial charge in [-0.3, -0.25) is 0 Å². The highest BCUT2D eigenvalue weighted by Gasteiger charge is 2.21. The molecule has 0 amide bonds. The second-order valence-corrected chi connectivity index (χ2v) is 6.06. The fourth-order valence-corrected chi connectivity index (χ4v) is 2.66. The van der Waals surface area contributed by atoms with E-state index in [0.717, 1.165) is 31.6 Å². The van der Waals surface area contributed by atoms with Crippen molar-refractivity contribution in [2.24, 2.45) is 17.6 Å². The van der Waals surface area contributed by atoms with Gasteiger partial charge in [0.25, 0.3) is 0 Å². The van der Waals surface area contributed by atoms with Gasteiger partial charge in [-0.05, 0) is 57.4 Å². The lowest BCUT2D eigenvalue weighted by atomic mass is 9.86. The normalized spacial score (nSPS) is 29.8. The smallest absolute Gasteiger partial charge is 0.0593 e. The molecule has 0 spiro atoms. The number of nitrogens with zero attached hydrogens (tertiary/aromatic N) is 1. The summed E-state index contributed by atoms with van der Waals surface area (Å²) in [7, 11) is 2.22. The topological polar surface area (TPSA) is 38.5 Å². The molecule has 2 saturated carbocycles. The van der Waals surface area contributed by atoms with Crippen LogP contribution in [0.1, 0.15) is 38.5 Å². The third kappa shape index (κ3) is 5.36. The van der Waals surface area contributed by atoms with Crippen molar-refractivity contribution >= 4 is 0 Å². The maximum atomic E-state index is 5.93. The first-order valence-corrected chi connectivity index (χ1v) is 7.26. The number of rotatable bonds is 7. The lowest BCUT2D eigenvalue weighted by molar-refractivity contribution is 0.0962. The van der Waals surface area contributed by atoms with E-state index in [1.807, 2.05) is 0 Å². The second-order valence-electron chi connectivity index (χ2n) is 6.06. The third-order valence-corrected chi connectivity index (χ3v) is 4.13. The number of ether oxygens (including phenoxy) is 1. The molecule has 17 heavy (non-hydrogen) atoms. The Balaban J connectivity index is 1.48. The van der Waals surface area contributed by atoms with Crippen LogP contribution in [0.15, 0.2) is 0 Å². The van der Waals surface area contributed by atoms with E-state index < -0.39 is 0 Å². The highest BCUT2D eigenvalue weighted by Crippen LogP contribution is 2.28. The Labute approximate surface area is 106 Å². The molecule has 0 aliphatic heterocycles. The SMILES string of the molecule is CN(CCOCC1CC1)CC1CCC(N)CC1. The fourth-order valence-electron chi connectivity index (χ4n) is 2.66. The zero-order valence-electron chi connectivity index (χ0n) is 11.2. The van der Waals surface area contributed by atoms with Crippen LogP contribution in [0.5, 0.6) is 0 Å². The summed E-state index contributed by atoms with van der Waals surface area (Å²) >= 11 is 0. The Morgan fingerprint density at radius 1 is 1.06 bits per heavy atom. The molecule has 0 bridgehead atoms. The van der Waals surface area contributed by atoms with Gasteiger partial charge in [0.1, 0.15) is 0 Å². The van der Waals surface area contributed by atoms with Gasteiger partial charge in [-0.1, -0.05) is 0 Å². The van der Waals surface area contributed by atoms with E-state index in [2.05, 4.69) is 11.9 Å². The van der Waals surface area contributed by atoms with Crippen LogP contribution in [0, 0.1) is 11.8 Å². The van der Waals surface area contributed by atoms with Crippen LogP contribution in [0.3, 0.4) is 0 Å². The maximum Gasteiger partial charge on any atom is 0.0593 e. The Morgan fingerprint density at radius 2 is 1.71 bits per heavy atom. The zero-order valence-corrected chi connectivity index (χ0v) is 11.2.